The summed E-state index contributed by atoms with van der Waals surface area (Å²) in [5, 5.41) is 3.57. The van der Waals surface area contributed by atoms with Gasteiger partial charge in [-0.15, -0.1) is 0 Å². The first kappa shape index (κ1) is 13.0. The Morgan fingerprint density at radius 2 is 1.87 bits per heavy atom. The van der Waals surface area contributed by atoms with Crippen molar-refractivity contribution in [1.82, 2.24) is 10.2 Å². The van der Waals surface area contributed by atoms with Crippen LogP contribution in [0.5, 0.6) is 0 Å². The van der Waals surface area contributed by atoms with Gasteiger partial charge in [0.2, 0.25) is 0 Å². The van der Waals surface area contributed by atoms with E-state index in [9.17, 15) is 0 Å². The van der Waals surface area contributed by atoms with Crippen LogP contribution in [0.2, 0.25) is 0 Å². The van der Waals surface area contributed by atoms with E-state index in [0.29, 0.717) is 6.04 Å². The van der Waals surface area contributed by atoms with Crippen LogP contribution in [0.25, 0.3) is 0 Å². The van der Waals surface area contributed by atoms with Crippen LogP contribution in [0.3, 0.4) is 0 Å². The molecule has 0 radical (unpaired) electrons. The number of rotatable bonds is 5. The highest BCUT2D eigenvalue weighted by Crippen LogP contribution is 2.20. The Bertz CT molecular complexity index is 160. The maximum atomic E-state index is 3.57. The van der Waals surface area contributed by atoms with Crippen LogP contribution in [-0.4, -0.2) is 37.1 Å². The average molecular weight is 212 g/mol. The zero-order valence-electron chi connectivity index (χ0n) is 10.9. The third-order valence-corrected chi connectivity index (χ3v) is 3.22. The largest absolute Gasteiger partial charge is 0.313 e. The summed E-state index contributed by atoms with van der Waals surface area (Å²) in [6, 6.07) is 0.641. The van der Waals surface area contributed by atoms with Gasteiger partial charge in [-0.25, -0.2) is 0 Å². The Hall–Kier alpha value is -0.0800. The topological polar surface area (TPSA) is 15.3 Å². The lowest BCUT2D eigenvalue weighted by atomic mass is 9.92. The first-order chi connectivity index (χ1) is 7.11. The number of nitrogens with one attached hydrogen (secondary N) is 1. The molecule has 3 unspecified atom stereocenters. The number of hydrogen-bond donors (Lipinski definition) is 1. The number of nitrogens with zero attached hydrogens (tertiary/aromatic N) is 1. The normalized spacial score (nSPS) is 30.4. The molecule has 1 fully saturated rings. The monoisotopic (exact) mass is 212 g/mol. The number of likely N-dealkylation sites (tertiary alicyclic amines) is 1. The second-order valence-electron chi connectivity index (χ2n) is 5.52. The van der Waals surface area contributed by atoms with Gasteiger partial charge >= 0.3 is 0 Å². The Morgan fingerprint density at radius 1 is 1.27 bits per heavy atom. The Labute approximate surface area is 95.4 Å². The Balaban J connectivity index is 2.24. The minimum atomic E-state index is 0.641. The van der Waals surface area contributed by atoms with E-state index >= 15 is 0 Å². The van der Waals surface area contributed by atoms with Crippen LogP contribution >= 0.6 is 0 Å². The highest BCUT2D eigenvalue weighted by molar-refractivity contribution is 4.77. The quantitative estimate of drug-likeness (QED) is 0.752. The Morgan fingerprint density at radius 3 is 2.40 bits per heavy atom. The van der Waals surface area contributed by atoms with Crippen LogP contribution in [0, 0.1) is 11.8 Å². The van der Waals surface area contributed by atoms with E-state index in [1.807, 2.05) is 0 Å². The van der Waals surface area contributed by atoms with Crippen molar-refractivity contribution in [2.24, 2.45) is 11.8 Å². The molecule has 0 aromatic rings. The van der Waals surface area contributed by atoms with E-state index in [4.69, 9.17) is 0 Å². The lowest BCUT2D eigenvalue weighted by molar-refractivity contribution is 0.131. The summed E-state index contributed by atoms with van der Waals surface area (Å²) < 4.78 is 0. The van der Waals surface area contributed by atoms with Gasteiger partial charge in [0, 0.05) is 25.7 Å². The molecule has 1 heterocycles. The van der Waals surface area contributed by atoms with Gasteiger partial charge in [0.25, 0.3) is 0 Å². The zero-order valence-corrected chi connectivity index (χ0v) is 10.9. The van der Waals surface area contributed by atoms with Crippen molar-refractivity contribution < 1.29 is 0 Å². The second-order valence-corrected chi connectivity index (χ2v) is 5.52. The standard InChI is InChI=1S/C13H28N2/c1-5-6-14-13(4)10-15-8-11(2)7-12(3)9-15/h11-14H,5-10H2,1-4H3. The van der Waals surface area contributed by atoms with Gasteiger partial charge in [0.15, 0.2) is 0 Å². The molecule has 0 aromatic carbocycles. The van der Waals surface area contributed by atoms with Gasteiger partial charge < -0.3 is 10.2 Å². The Kier molecular flexibility index (Phi) is 5.62. The molecule has 1 N–H and O–H groups in total. The van der Waals surface area contributed by atoms with E-state index in [1.54, 1.807) is 0 Å². The third kappa shape index (κ3) is 4.98. The molecule has 1 saturated heterocycles. The maximum absolute atomic E-state index is 3.57. The molecule has 0 aliphatic carbocycles. The van der Waals surface area contributed by atoms with Crippen molar-refractivity contribution in [1.29, 1.82) is 0 Å². The van der Waals surface area contributed by atoms with Crippen molar-refractivity contribution in [3.8, 4) is 0 Å². The van der Waals surface area contributed by atoms with Crippen molar-refractivity contribution in [3.63, 3.8) is 0 Å². The number of hydrogen-bond acceptors (Lipinski definition) is 2. The molecule has 1 aliphatic heterocycles. The van der Waals surface area contributed by atoms with Crippen molar-refractivity contribution in [2.75, 3.05) is 26.2 Å². The van der Waals surface area contributed by atoms with Gasteiger partial charge in [0.1, 0.15) is 0 Å². The van der Waals surface area contributed by atoms with Crippen molar-refractivity contribution in [3.05, 3.63) is 0 Å². The molecule has 0 spiro atoms. The highest BCUT2D eigenvalue weighted by Gasteiger charge is 2.22. The fourth-order valence-electron chi connectivity index (χ4n) is 2.78. The molecule has 1 aliphatic rings. The van der Waals surface area contributed by atoms with E-state index in [0.717, 1.165) is 18.4 Å². The molecule has 90 valence electrons. The van der Waals surface area contributed by atoms with Crippen LogP contribution in [0.1, 0.15) is 40.5 Å². The zero-order chi connectivity index (χ0) is 11.3. The first-order valence-corrected chi connectivity index (χ1v) is 6.57. The lowest BCUT2D eigenvalue weighted by Crippen LogP contribution is -2.45. The minimum absolute atomic E-state index is 0.641. The maximum Gasteiger partial charge on any atom is 0.0166 e. The summed E-state index contributed by atoms with van der Waals surface area (Å²) in [7, 11) is 0. The average Bonchev–Trinajstić information content (AvgIpc) is 2.13. The van der Waals surface area contributed by atoms with Crippen LogP contribution < -0.4 is 5.32 Å². The van der Waals surface area contributed by atoms with E-state index in [1.165, 1.54) is 32.5 Å². The summed E-state index contributed by atoms with van der Waals surface area (Å²) >= 11 is 0. The molecular weight excluding hydrogens is 184 g/mol. The third-order valence-electron chi connectivity index (χ3n) is 3.22. The second kappa shape index (κ2) is 6.49. The van der Waals surface area contributed by atoms with Gasteiger partial charge in [0.05, 0.1) is 0 Å². The molecule has 2 nitrogen and oxygen atoms in total. The summed E-state index contributed by atoms with van der Waals surface area (Å²) in [5.41, 5.74) is 0. The fourth-order valence-corrected chi connectivity index (χ4v) is 2.78. The van der Waals surface area contributed by atoms with Crippen LogP contribution in [-0.2, 0) is 0 Å². The van der Waals surface area contributed by atoms with Gasteiger partial charge in [-0.2, -0.15) is 0 Å². The smallest absolute Gasteiger partial charge is 0.0166 e. The molecule has 2 heteroatoms. The molecular formula is C13H28N2. The van der Waals surface area contributed by atoms with Gasteiger partial charge in [-0.1, -0.05) is 20.8 Å². The highest BCUT2D eigenvalue weighted by atomic mass is 15.2. The first-order valence-electron chi connectivity index (χ1n) is 6.57. The number of piperidine rings is 1. The molecule has 0 bridgehead atoms. The molecule has 1 rings (SSSR count). The van der Waals surface area contributed by atoms with Crippen LogP contribution in [0.15, 0.2) is 0 Å². The lowest BCUT2D eigenvalue weighted by Gasteiger charge is -2.36. The summed E-state index contributed by atoms with van der Waals surface area (Å²) in [6.07, 6.45) is 2.64. The van der Waals surface area contributed by atoms with Crippen LogP contribution in [0.4, 0.5) is 0 Å². The summed E-state index contributed by atoms with van der Waals surface area (Å²) in [4.78, 5) is 2.63. The predicted molar refractivity (Wildman–Crippen MR) is 67.1 cm³/mol. The molecule has 15 heavy (non-hydrogen) atoms. The van der Waals surface area contributed by atoms with E-state index in [2.05, 4.69) is 37.9 Å². The summed E-state index contributed by atoms with van der Waals surface area (Å²) in [5.74, 6) is 1.76. The molecule has 0 amide bonds. The van der Waals surface area contributed by atoms with Gasteiger partial charge in [-0.05, 0) is 38.1 Å². The predicted octanol–water partition coefficient (Wildman–Crippen LogP) is 2.35. The molecule has 0 aromatic heterocycles. The van der Waals surface area contributed by atoms with Crippen molar-refractivity contribution >= 4 is 0 Å². The van der Waals surface area contributed by atoms with Gasteiger partial charge in [-0.3, -0.25) is 0 Å². The molecule has 0 saturated carbocycles. The fraction of sp³-hybridized carbons (Fsp3) is 1.00. The van der Waals surface area contributed by atoms with Crippen molar-refractivity contribution in [2.45, 2.75) is 46.6 Å². The summed E-state index contributed by atoms with van der Waals surface area (Å²) in [6.45, 7) is 14.3. The minimum Gasteiger partial charge on any atom is -0.313 e. The van der Waals surface area contributed by atoms with E-state index < -0.39 is 0 Å². The molecule has 3 atom stereocenters. The van der Waals surface area contributed by atoms with E-state index in [-0.39, 0.29) is 0 Å². The SMILES string of the molecule is CCCNC(C)CN1CC(C)CC(C)C1.